The Balaban J connectivity index is 2.67. The van der Waals surface area contributed by atoms with Gasteiger partial charge in [0.25, 0.3) is 0 Å². The summed E-state index contributed by atoms with van der Waals surface area (Å²) < 4.78 is 67.0. The molecule has 0 saturated carbocycles. The van der Waals surface area contributed by atoms with Crippen molar-refractivity contribution in [2.45, 2.75) is 39.2 Å². The number of carbonyl (C=O) groups excluding carboxylic acids is 1. The summed E-state index contributed by atoms with van der Waals surface area (Å²) in [5.74, 6) is -0.843. The molecule has 1 amide bonds. The summed E-state index contributed by atoms with van der Waals surface area (Å²) in [6.45, 7) is 5.26. The van der Waals surface area contributed by atoms with E-state index in [-0.39, 0.29) is 25.9 Å². The van der Waals surface area contributed by atoms with Crippen molar-refractivity contribution in [2.75, 3.05) is 13.1 Å². The number of carbonyl (C=O) groups is 1. The zero-order chi connectivity index (χ0) is 17.5. The van der Waals surface area contributed by atoms with E-state index in [2.05, 4.69) is 0 Å². The monoisotopic (exact) mass is 371 g/mol. The molecule has 1 fully saturated rings. The van der Waals surface area contributed by atoms with Crippen LogP contribution in [-0.4, -0.2) is 29.7 Å². The Kier molecular flexibility index (Phi) is 4.53. The summed E-state index contributed by atoms with van der Waals surface area (Å²) in [4.78, 5) is 13.1. The first-order chi connectivity index (χ1) is 9.45. The maximum Gasteiger partial charge on any atom is 0.410 e. The Bertz CT molecular complexity index is 477. The van der Waals surface area contributed by atoms with Gasteiger partial charge in [-0.25, -0.2) is 4.79 Å². The molecule has 0 aromatic rings. The van der Waals surface area contributed by atoms with E-state index in [4.69, 9.17) is 16.3 Å². The van der Waals surface area contributed by atoms with Crippen LogP contribution in [0.25, 0.3) is 0 Å². The third kappa shape index (κ3) is 7.53. The molecule has 0 aromatic carbocycles. The van der Waals surface area contributed by atoms with Gasteiger partial charge in [-0.2, -0.15) is 0 Å². The molecule has 1 saturated heterocycles. The van der Waals surface area contributed by atoms with Crippen LogP contribution in [0.4, 0.5) is 24.2 Å². The van der Waals surface area contributed by atoms with Crippen LogP contribution in [0.3, 0.4) is 0 Å². The van der Waals surface area contributed by atoms with Crippen molar-refractivity contribution < 1.29 is 29.0 Å². The number of hydrogen-bond acceptors (Lipinski definition) is 2. The van der Waals surface area contributed by atoms with Crippen LogP contribution < -0.4 is 0 Å². The molecule has 0 bridgehead atoms. The lowest BCUT2D eigenvalue weighted by atomic mass is 9.97. The van der Waals surface area contributed by atoms with Gasteiger partial charge in [0.1, 0.15) is 5.60 Å². The van der Waals surface area contributed by atoms with Gasteiger partial charge in [-0.3, -0.25) is 0 Å². The molecule has 1 aliphatic rings. The number of halogens is 6. The topological polar surface area (TPSA) is 29.5 Å². The van der Waals surface area contributed by atoms with Crippen LogP contribution in [0.2, 0.25) is 0 Å². The highest BCUT2D eigenvalue weighted by Gasteiger charge is 2.61. The third-order valence-electron chi connectivity index (χ3n) is 2.87. The molecule has 132 valence electrons. The first-order valence-electron chi connectivity index (χ1n) is 6.56. The van der Waals surface area contributed by atoms with Crippen LogP contribution in [0.5, 0.6) is 0 Å². The second-order valence-electron chi connectivity index (χ2n) is 6.27. The molecular weight excluding hydrogens is 353 g/mol. The van der Waals surface area contributed by atoms with Crippen molar-refractivity contribution in [1.82, 2.24) is 4.90 Å². The molecular formula is C12H19ClF5NO2S. The molecule has 22 heavy (non-hydrogen) atoms. The molecule has 0 atom stereocenters. The highest BCUT2D eigenvalue weighted by molar-refractivity contribution is 8.48. The van der Waals surface area contributed by atoms with E-state index >= 15 is 0 Å². The van der Waals surface area contributed by atoms with Crippen molar-refractivity contribution in [1.29, 1.82) is 0 Å². The first kappa shape index (κ1) is 19.3. The predicted molar refractivity (Wildman–Crippen MR) is 77.6 cm³/mol. The van der Waals surface area contributed by atoms with E-state index in [9.17, 15) is 24.2 Å². The minimum Gasteiger partial charge on any atom is -0.444 e. The van der Waals surface area contributed by atoms with E-state index in [1.807, 2.05) is 0 Å². The Morgan fingerprint density at radius 1 is 1.18 bits per heavy atom. The molecule has 1 aliphatic heterocycles. The van der Waals surface area contributed by atoms with Crippen molar-refractivity contribution in [3.63, 3.8) is 0 Å². The molecule has 0 spiro atoms. The van der Waals surface area contributed by atoms with Gasteiger partial charge < -0.3 is 9.64 Å². The number of hydrogen-bond donors (Lipinski definition) is 0. The Morgan fingerprint density at radius 3 is 2.00 bits per heavy atom. The van der Waals surface area contributed by atoms with Crippen molar-refractivity contribution in [2.24, 2.45) is 5.92 Å². The van der Waals surface area contributed by atoms with Gasteiger partial charge in [-0.15, -0.1) is 0 Å². The van der Waals surface area contributed by atoms with E-state index in [1.54, 1.807) is 20.8 Å². The summed E-state index contributed by atoms with van der Waals surface area (Å²) >= 11 is 5.41. The first-order valence-corrected chi connectivity index (χ1v) is 8.95. The van der Waals surface area contributed by atoms with Gasteiger partial charge >= 0.3 is 16.3 Å². The quantitative estimate of drug-likeness (QED) is 0.556. The van der Waals surface area contributed by atoms with Crippen molar-refractivity contribution >= 4 is 27.9 Å². The minimum atomic E-state index is -9.67. The Hall–Kier alpha value is -0.700. The summed E-state index contributed by atoms with van der Waals surface area (Å²) in [6.07, 6.45) is -0.441. The van der Waals surface area contributed by atoms with Gasteiger partial charge in [0.2, 0.25) is 0 Å². The lowest BCUT2D eigenvalue weighted by molar-refractivity contribution is 0.0196. The van der Waals surface area contributed by atoms with E-state index in [1.165, 1.54) is 4.90 Å². The Labute approximate surface area is 131 Å². The largest absolute Gasteiger partial charge is 0.444 e. The molecule has 1 heterocycles. The average Bonchev–Trinajstić information content (AvgIpc) is 2.22. The minimum absolute atomic E-state index is 0.0718. The number of amides is 1. The highest BCUT2D eigenvalue weighted by atomic mass is 35.5. The molecule has 0 N–H and O–H groups in total. The second-order valence-corrected chi connectivity index (χ2v) is 9.00. The lowest BCUT2D eigenvalue weighted by Gasteiger charge is -2.39. The number of rotatable bonds is 2. The fourth-order valence-corrected chi connectivity index (χ4v) is 3.31. The average molecular weight is 372 g/mol. The molecule has 1 rings (SSSR count). The van der Waals surface area contributed by atoms with Crippen LogP contribution in [0.1, 0.15) is 33.6 Å². The van der Waals surface area contributed by atoms with Crippen molar-refractivity contribution in [3.8, 4) is 0 Å². The summed E-state index contributed by atoms with van der Waals surface area (Å²) in [5.41, 5.74) is -0.687. The number of ether oxygens (including phenoxy) is 1. The van der Waals surface area contributed by atoms with Gasteiger partial charge in [0.05, 0.1) is 5.41 Å². The van der Waals surface area contributed by atoms with Crippen LogP contribution >= 0.6 is 21.8 Å². The normalized spacial score (nSPS) is 22.0. The van der Waals surface area contributed by atoms with Gasteiger partial charge in [-0.1, -0.05) is 31.0 Å². The molecule has 0 aromatic heterocycles. The number of likely N-dealkylation sites (tertiary alicyclic amines) is 1. The third-order valence-corrected chi connectivity index (χ3v) is 4.12. The van der Waals surface area contributed by atoms with Crippen LogP contribution in [0.15, 0.2) is 10.4 Å². The van der Waals surface area contributed by atoms with Gasteiger partial charge in [0, 0.05) is 18.1 Å². The van der Waals surface area contributed by atoms with E-state index < -0.39 is 38.3 Å². The lowest BCUT2D eigenvalue weighted by Crippen LogP contribution is -2.41. The molecule has 10 heteroatoms. The van der Waals surface area contributed by atoms with Gasteiger partial charge in [0.15, 0.2) is 0 Å². The highest BCUT2D eigenvalue weighted by Crippen LogP contribution is 2.99. The van der Waals surface area contributed by atoms with E-state index in [0.29, 0.717) is 0 Å². The molecule has 3 nitrogen and oxygen atoms in total. The maximum absolute atomic E-state index is 12.4. The second kappa shape index (κ2) is 5.15. The number of nitrogens with zero attached hydrogens (tertiary/aromatic N) is 1. The van der Waals surface area contributed by atoms with E-state index in [0.717, 1.165) is 0 Å². The van der Waals surface area contributed by atoms with Crippen LogP contribution in [-0.2, 0) is 4.74 Å². The number of allylic oxidation sites excluding steroid dienone is 1. The summed E-state index contributed by atoms with van der Waals surface area (Å²) in [5, 5.41) is -1.96. The number of piperidine rings is 1. The maximum atomic E-state index is 12.4. The molecule has 0 aliphatic carbocycles. The SMILES string of the molecule is CC(C)(C)OC(=O)N1CCC(/C(Cl)=C\S(F)(F)(F)(F)F)CC1. The molecule has 0 unspecified atom stereocenters. The fraction of sp³-hybridized carbons (Fsp3) is 0.750. The van der Waals surface area contributed by atoms with Crippen LogP contribution in [0, 0.1) is 5.92 Å². The fourth-order valence-electron chi connectivity index (χ4n) is 1.97. The zero-order valence-electron chi connectivity index (χ0n) is 12.4. The predicted octanol–water partition coefficient (Wildman–Crippen LogP) is 6.01. The summed E-state index contributed by atoms with van der Waals surface area (Å²) in [6, 6.07) is 0. The van der Waals surface area contributed by atoms with Crippen molar-refractivity contribution in [3.05, 3.63) is 10.4 Å². The Morgan fingerprint density at radius 2 is 1.64 bits per heavy atom. The molecule has 0 radical (unpaired) electrons. The summed E-state index contributed by atoms with van der Waals surface area (Å²) in [7, 11) is -9.67. The van der Waals surface area contributed by atoms with Gasteiger partial charge in [-0.05, 0) is 39.5 Å². The standard InChI is InChI=1S/C12H19ClF5NO2S/c1-12(2,3)21-11(20)19-6-4-9(5-7-19)10(13)8-22(14,15,16,17)18/h8-9H,4-7H2,1-3H3/b10-8+. The zero-order valence-corrected chi connectivity index (χ0v) is 14.0. The smallest absolute Gasteiger partial charge is 0.410 e.